The van der Waals surface area contributed by atoms with Crippen molar-refractivity contribution >= 4 is 33.2 Å². The minimum atomic E-state index is -3.62. The standard InChI is InChI=1S/C16H15Cl2NO2S/c17-14-6-7-15(18)16(10-14)22(20,21)19-9-8-13(11-19)12-4-2-1-3-5-12/h1-7,10,13H,8-9,11H2/t13-/m1/s1. The van der Waals surface area contributed by atoms with Crippen molar-refractivity contribution in [2.75, 3.05) is 13.1 Å². The molecular formula is C16H15Cl2NO2S. The fourth-order valence-electron chi connectivity index (χ4n) is 2.76. The first kappa shape index (κ1) is 15.8. The molecule has 1 heterocycles. The van der Waals surface area contributed by atoms with E-state index < -0.39 is 10.0 Å². The van der Waals surface area contributed by atoms with Gasteiger partial charge >= 0.3 is 0 Å². The molecule has 0 aliphatic carbocycles. The molecule has 1 aliphatic heterocycles. The number of hydrogen-bond donors (Lipinski definition) is 0. The normalized spacial score (nSPS) is 19.5. The van der Waals surface area contributed by atoms with E-state index >= 15 is 0 Å². The minimum Gasteiger partial charge on any atom is -0.207 e. The van der Waals surface area contributed by atoms with Crippen LogP contribution in [0.4, 0.5) is 0 Å². The second-order valence-corrected chi connectivity index (χ2v) is 8.08. The lowest BCUT2D eigenvalue weighted by Crippen LogP contribution is -2.29. The average Bonchev–Trinajstić information content (AvgIpc) is 3.01. The molecule has 0 radical (unpaired) electrons. The molecule has 0 saturated carbocycles. The third-order valence-corrected chi connectivity index (χ3v) is 6.51. The maximum Gasteiger partial charge on any atom is 0.244 e. The second-order valence-electron chi connectivity index (χ2n) is 5.33. The van der Waals surface area contributed by atoms with Crippen molar-refractivity contribution in [3.63, 3.8) is 0 Å². The topological polar surface area (TPSA) is 37.4 Å². The molecule has 1 aliphatic rings. The van der Waals surface area contributed by atoms with Gasteiger partial charge in [-0.25, -0.2) is 8.42 Å². The molecule has 0 amide bonds. The summed E-state index contributed by atoms with van der Waals surface area (Å²) in [5.74, 6) is 0.217. The van der Waals surface area contributed by atoms with Gasteiger partial charge in [-0.15, -0.1) is 0 Å². The number of benzene rings is 2. The molecule has 1 atom stereocenters. The summed E-state index contributed by atoms with van der Waals surface area (Å²) in [6.07, 6.45) is 0.807. The summed E-state index contributed by atoms with van der Waals surface area (Å²) in [6, 6.07) is 14.5. The first-order valence-corrected chi connectivity index (χ1v) is 9.18. The molecule has 3 rings (SSSR count). The Morgan fingerprint density at radius 1 is 1.05 bits per heavy atom. The molecule has 1 saturated heterocycles. The number of halogens is 2. The van der Waals surface area contributed by atoms with Gasteiger partial charge in [0.15, 0.2) is 0 Å². The van der Waals surface area contributed by atoms with Gasteiger partial charge in [-0.05, 0) is 36.1 Å². The van der Waals surface area contributed by atoms with Crippen molar-refractivity contribution < 1.29 is 8.42 Å². The Balaban J connectivity index is 1.87. The smallest absolute Gasteiger partial charge is 0.207 e. The Morgan fingerprint density at radius 3 is 2.50 bits per heavy atom. The fraction of sp³-hybridized carbons (Fsp3) is 0.250. The zero-order chi connectivity index (χ0) is 15.7. The van der Waals surface area contributed by atoms with Crippen molar-refractivity contribution in [1.82, 2.24) is 4.31 Å². The molecule has 0 N–H and O–H groups in total. The first-order valence-electron chi connectivity index (χ1n) is 6.98. The van der Waals surface area contributed by atoms with Crippen LogP contribution in [0, 0.1) is 0 Å². The summed E-state index contributed by atoms with van der Waals surface area (Å²) in [5.41, 5.74) is 1.16. The van der Waals surface area contributed by atoms with E-state index in [4.69, 9.17) is 23.2 Å². The van der Waals surface area contributed by atoms with Crippen LogP contribution in [0.15, 0.2) is 53.4 Å². The lowest BCUT2D eigenvalue weighted by atomic mass is 9.99. The fourth-order valence-corrected chi connectivity index (χ4v) is 5.00. The van der Waals surface area contributed by atoms with Gasteiger partial charge in [0.2, 0.25) is 10.0 Å². The zero-order valence-corrected chi connectivity index (χ0v) is 14.1. The zero-order valence-electron chi connectivity index (χ0n) is 11.7. The lowest BCUT2D eigenvalue weighted by Gasteiger charge is -2.18. The summed E-state index contributed by atoms with van der Waals surface area (Å²) in [5, 5.41) is 0.564. The van der Waals surface area contributed by atoms with Crippen molar-refractivity contribution in [3.05, 3.63) is 64.1 Å². The predicted octanol–water partition coefficient (Wildman–Crippen LogP) is 4.17. The van der Waals surface area contributed by atoms with Crippen LogP contribution in [0.25, 0.3) is 0 Å². The first-order chi connectivity index (χ1) is 10.5. The van der Waals surface area contributed by atoms with Crippen molar-refractivity contribution in [2.24, 2.45) is 0 Å². The Hall–Kier alpha value is -1.07. The van der Waals surface area contributed by atoms with Crippen molar-refractivity contribution in [1.29, 1.82) is 0 Å². The summed E-state index contributed by atoms with van der Waals surface area (Å²) in [7, 11) is -3.62. The van der Waals surface area contributed by atoms with Gasteiger partial charge in [0.1, 0.15) is 4.90 Å². The van der Waals surface area contributed by atoms with Crippen LogP contribution in [-0.2, 0) is 10.0 Å². The second kappa shape index (κ2) is 6.20. The summed E-state index contributed by atoms with van der Waals surface area (Å²) >= 11 is 12.0. The van der Waals surface area contributed by atoms with Crippen LogP contribution in [0.5, 0.6) is 0 Å². The minimum absolute atomic E-state index is 0.0791. The Labute approximate surface area is 140 Å². The molecule has 1 fully saturated rings. The third-order valence-electron chi connectivity index (χ3n) is 3.93. The summed E-state index contributed by atoms with van der Waals surface area (Å²) in [4.78, 5) is 0.0791. The van der Waals surface area contributed by atoms with Crippen molar-refractivity contribution in [3.8, 4) is 0 Å². The van der Waals surface area contributed by atoms with Crippen LogP contribution in [0.2, 0.25) is 10.0 Å². The van der Waals surface area contributed by atoms with Gasteiger partial charge in [-0.1, -0.05) is 53.5 Å². The molecule has 0 unspecified atom stereocenters. The van der Waals surface area contributed by atoms with Crippen LogP contribution < -0.4 is 0 Å². The van der Waals surface area contributed by atoms with Gasteiger partial charge in [0.25, 0.3) is 0 Å². The molecule has 116 valence electrons. The van der Waals surface area contributed by atoms with Crippen LogP contribution in [0.1, 0.15) is 17.9 Å². The van der Waals surface area contributed by atoms with Gasteiger partial charge in [0, 0.05) is 18.1 Å². The molecule has 6 heteroatoms. The molecule has 2 aromatic rings. The Bertz CT molecular complexity index is 778. The highest BCUT2D eigenvalue weighted by molar-refractivity contribution is 7.89. The SMILES string of the molecule is O=S(=O)(c1cc(Cl)ccc1Cl)N1CC[C@@H](c2ccccc2)C1. The largest absolute Gasteiger partial charge is 0.244 e. The molecule has 3 nitrogen and oxygen atoms in total. The van der Waals surface area contributed by atoms with E-state index in [1.54, 1.807) is 6.07 Å². The van der Waals surface area contributed by atoms with Crippen molar-refractivity contribution in [2.45, 2.75) is 17.2 Å². The number of nitrogens with zero attached hydrogens (tertiary/aromatic N) is 1. The Morgan fingerprint density at radius 2 is 1.77 bits per heavy atom. The highest BCUT2D eigenvalue weighted by Gasteiger charge is 2.34. The third kappa shape index (κ3) is 3.01. The van der Waals surface area contributed by atoms with E-state index in [0.717, 1.165) is 12.0 Å². The van der Waals surface area contributed by atoms with Gasteiger partial charge < -0.3 is 0 Å². The highest BCUT2D eigenvalue weighted by atomic mass is 35.5. The van der Waals surface area contributed by atoms with Gasteiger partial charge in [-0.2, -0.15) is 4.31 Å². The Kier molecular flexibility index (Phi) is 4.46. The van der Waals surface area contributed by atoms with Crippen LogP contribution in [0.3, 0.4) is 0 Å². The van der Waals surface area contributed by atoms with Gasteiger partial charge in [0.05, 0.1) is 5.02 Å². The monoisotopic (exact) mass is 355 g/mol. The molecule has 2 aromatic carbocycles. The van der Waals surface area contributed by atoms with E-state index in [1.807, 2.05) is 30.3 Å². The molecular weight excluding hydrogens is 341 g/mol. The lowest BCUT2D eigenvalue weighted by molar-refractivity contribution is 0.473. The molecule has 22 heavy (non-hydrogen) atoms. The quantitative estimate of drug-likeness (QED) is 0.828. The van der Waals surface area contributed by atoms with Gasteiger partial charge in [-0.3, -0.25) is 0 Å². The maximum atomic E-state index is 12.8. The molecule has 0 spiro atoms. The van der Waals surface area contributed by atoms with E-state index in [9.17, 15) is 8.42 Å². The van der Waals surface area contributed by atoms with E-state index in [1.165, 1.54) is 16.4 Å². The maximum absolute atomic E-state index is 12.8. The average molecular weight is 356 g/mol. The summed E-state index contributed by atoms with van der Waals surface area (Å²) in [6.45, 7) is 0.958. The molecule has 0 bridgehead atoms. The molecule has 0 aromatic heterocycles. The van der Waals surface area contributed by atoms with E-state index in [-0.39, 0.29) is 15.8 Å². The predicted molar refractivity (Wildman–Crippen MR) is 89.0 cm³/mol. The van der Waals surface area contributed by atoms with E-state index in [2.05, 4.69) is 0 Å². The van der Waals surface area contributed by atoms with E-state index in [0.29, 0.717) is 18.1 Å². The summed E-state index contributed by atoms with van der Waals surface area (Å²) < 4.78 is 27.0. The number of rotatable bonds is 3. The number of sulfonamides is 1. The highest BCUT2D eigenvalue weighted by Crippen LogP contribution is 2.34. The van der Waals surface area contributed by atoms with Crippen LogP contribution >= 0.6 is 23.2 Å². The number of hydrogen-bond acceptors (Lipinski definition) is 2. The van der Waals surface area contributed by atoms with Crippen LogP contribution in [-0.4, -0.2) is 25.8 Å².